The number of hydrogen-bond acceptors (Lipinski definition) is 5. The van der Waals surface area contributed by atoms with Crippen molar-refractivity contribution in [3.8, 4) is 0 Å². The van der Waals surface area contributed by atoms with Gasteiger partial charge in [-0.25, -0.2) is 9.59 Å². The van der Waals surface area contributed by atoms with Gasteiger partial charge in [0.05, 0.1) is 12.6 Å². The monoisotopic (exact) mass is 246 g/mol. The van der Waals surface area contributed by atoms with Crippen LogP contribution in [0.1, 0.15) is 6.42 Å². The normalized spacial score (nSPS) is 18.7. The molecule has 17 heavy (non-hydrogen) atoms. The average molecular weight is 246 g/mol. The quantitative estimate of drug-likeness (QED) is 0.555. The molecule has 96 valence electrons. The van der Waals surface area contributed by atoms with Crippen molar-refractivity contribution in [2.75, 3.05) is 26.4 Å². The van der Waals surface area contributed by atoms with Crippen molar-refractivity contribution in [2.24, 2.45) is 0 Å². The maximum absolute atomic E-state index is 11.2. The minimum atomic E-state index is -1.18. The number of nitrogens with one attached hydrogen (secondary N) is 2. The molecule has 1 heterocycles. The van der Waals surface area contributed by atoms with Gasteiger partial charge in [0.15, 0.2) is 0 Å². The van der Waals surface area contributed by atoms with Crippen LogP contribution < -0.4 is 10.6 Å². The Hall–Kier alpha value is -1.67. The number of aliphatic carboxylic acids is 1. The highest BCUT2D eigenvalue weighted by Crippen LogP contribution is 2.02. The van der Waals surface area contributed by atoms with E-state index in [1.807, 2.05) is 5.32 Å². The van der Waals surface area contributed by atoms with Gasteiger partial charge in [-0.2, -0.15) is 0 Å². The highest BCUT2D eigenvalue weighted by Gasteiger charge is 2.18. The lowest BCUT2D eigenvalue weighted by Gasteiger charge is -2.10. The largest absolute Gasteiger partial charge is 0.480 e. The Morgan fingerprint density at radius 3 is 2.71 bits per heavy atom. The Morgan fingerprint density at radius 1 is 1.35 bits per heavy atom. The lowest BCUT2D eigenvalue weighted by Crippen LogP contribution is -2.45. The van der Waals surface area contributed by atoms with Crippen molar-refractivity contribution in [2.45, 2.75) is 12.5 Å². The molecular weight excluding hydrogens is 232 g/mol. The summed E-state index contributed by atoms with van der Waals surface area (Å²) < 4.78 is 9.55. The van der Waals surface area contributed by atoms with Crippen LogP contribution in [0, 0.1) is 0 Å². The first-order valence-electron chi connectivity index (χ1n) is 5.05. The molecule has 1 aliphatic heterocycles. The van der Waals surface area contributed by atoms with E-state index < -0.39 is 31.1 Å². The number of carboxylic acids is 1. The summed E-state index contributed by atoms with van der Waals surface area (Å²) in [6, 6.07) is -0.729. The topological polar surface area (TPSA) is 114 Å². The first kappa shape index (κ1) is 13.4. The maximum atomic E-state index is 11.2. The highest BCUT2D eigenvalue weighted by molar-refractivity contribution is 5.95. The van der Waals surface area contributed by atoms with E-state index in [0.29, 0.717) is 19.6 Å². The van der Waals surface area contributed by atoms with E-state index in [-0.39, 0.29) is 6.04 Å². The summed E-state index contributed by atoms with van der Waals surface area (Å²) in [7, 11) is 0. The second-order valence-electron chi connectivity index (χ2n) is 3.47. The van der Waals surface area contributed by atoms with Gasteiger partial charge in [-0.05, 0) is 6.42 Å². The SMILES string of the molecule is O=C(O)COCC(=O)NC(=O)NC1CCOC1. The van der Waals surface area contributed by atoms with Crippen LogP contribution in [-0.2, 0) is 19.1 Å². The Morgan fingerprint density at radius 2 is 2.12 bits per heavy atom. The molecule has 0 aromatic carbocycles. The molecule has 0 spiro atoms. The van der Waals surface area contributed by atoms with E-state index in [9.17, 15) is 14.4 Å². The molecule has 1 saturated heterocycles. The number of carbonyl (C=O) groups excluding carboxylic acids is 2. The van der Waals surface area contributed by atoms with Crippen molar-refractivity contribution in [3.63, 3.8) is 0 Å². The number of amides is 3. The molecular formula is C9H14N2O6. The molecule has 0 aromatic rings. The van der Waals surface area contributed by atoms with E-state index in [4.69, 9.17) is 9.84 Å². The minimum Gasteiger partial charge on any atom is -0.480 e. The van der Waals surface area contributed by atoms with Crippen molar-refractivity contribution in [1.29, 1.82) is 0 Å². The molecule has 1 atom stereocenters. The molecule has 1 aliphatic rings. The second kappa shape index (κ2) is 6.81. The fourth-order valence-corrected chi connectivity index (χ4v) is 1.26. The zero-order valence-corrected chi connectivity index (χ0v) is 9.10. The van der Waals surface area contributed by atoms with E-state index in [1.165, 1.54) is 0 Å². The molecule has 8 heteroatoms. The van der Waals surface area contributed by atoms with Crippen LogP contribution >= 0.6 is 0 Å². The molecule has 3 amide bonds. The van der Waals surface area contributed by atoms with Crippen molar-refractivity contribution in [1.82, 2.24) is 10.6 Å². The summed E-state index contributed by atoms with van der Waals surface area (Å²) >= 11 is 0. The molecule has 1 unspecified atom stereocenters. The predicted molar refractivity (Wildman–Crippen MR) is 54.4 cm³/mol. The van der Waals surface area contributed by atoms with E-state index >= 15 is 0 Å². The molecule has 0 bridgehead atoms. The second-order valence-corrected chi connectivity index (χ2v) is 3.47. The van der Waals surface area contributed by atoms with Crippen LogP contribution in [0.2, 0.25) is 0 Å². The third-order valence-corrected chi connectivity index (χ3v) is 1.98. The smallest absolute Gasteiger partial charge is 0.329 e. The van der Waals surface area contributed by atoms with Gasteiger partial charge >= 0.3 is 12.0 Å². The van der Waals surface area contributed by atoms with Gasteiger partial charge in [0.2, 0.25) is 0 Å². The zero-order chi connectivity index (χ0) is 12.7. The minimum absolute atomic E-state index is 0.0947. The van der Waals surface area contributed by atoms with Gasteiger partial charge < -0.3 is 19.9 Å². The number of carboxylic acid groups (broad SMARTS) is 1. The number of rotatable bonds is 5. The molecule has 1 rings (SSSR count). The van der Waals surface area contributed by atoms with Gasteiger partial charge in [-0.1, -0.05) is 0 Å². The number of hydrogen-bond donors (Lipinski definition) is 3. The van der Waals surface area contributed by atoms with Crippen LogP contribution in [0.15, 0.2) is 0 Å². The van der Waals surface area contributed by atoms with E-state index in [2.05, 4.69) is 10.1 Å². The van der Waals surface area contributed by atoms with Crippen LogP contribution in [0.5, 0.6) is 0 Å². The molecule has 8 nitrogen and oxygen atoms in total. The summed E-state index contributed by atoms with van der Waals surface area (Å²) in [4.78, 5) is 32.4. The third-order valence-electron chi connectivity index (χ3n) is 1.98. The molecule has 0 saturated carbocycles. The Labute approximate surface area is 97.3 Å². The predicted octanol–water partition coefficient (Wildman–Crippen LogP) is -1.30. The molecule has 0 aliphatic carbocycles. The van der Waals surface area contributed by atoms with Crippen LogP contribution in [0.4, 0.5) is 4.79 Å². The van der Waals surface area contributed by atoms with Gasteiger partial charge in [0.25, 0.3) is 5.91 Å². The molecule has 1 fully saturated rings. The summed E-state index contributed by atoms with van der Waals surface area (Å²) in [5, 5.41) is 12.8. The molecule has 0 radical (unpaired) electrons. The van der Waals surface area contributed by atoms with Gasteiger partial charge in [-0.3, -0.25) is 10.1 Å². The number of carbonyl (C=O) groups is 3. The standard InChI is InChI=1S/C9H14N2O6/c12-7(4-17-5-8(13)14)11-9(15)10-6-1-2-16-3-6/h6H,1-5H2,(H,13,14)(H2,10,11,12,15). The highest BCUT2D eigenvalue weighted by atomic mass is 16.5. The summed E-state index contributed by atoms with van der Waals surface area (Å²) in [6.07, 6.45) is 0.705. The van der Waals surface area contributed by atoms with Crippen LogP contribution in [-0.4, -0.2) is 55.5 Å². The average Bonchev–Trinajstić information content (AvgIpc) is 2.69. The fourth-order valence-electron chi connectivity index (χ4n) is 1.26. The van der Waals surface area contributed by atoms with Crippen LogP contribution in [0.3, 0.4) is 0 Å². The third kappa shape index (κ3) is 5.83. The lowest BCUT2D eigenvalue weighted by molar-refractivity contribution is -0.143. The number of ether oxygens (including phenoxy) is 2. The Kier molecular flexibility index (Phi) is 5.37. The van der Waals surface area contributed by atoms with E-state index in [1.54, 1.807) is 0 Å². The molecule has 3 N–H and O–H groups in total. The van der Waals surface area contributed by atoms with Crippen molar-refractivity contribution < 1.29 is 29.0 Å². The summed E-state index contributed by atoms with van der Waals surface area (Å²) in [6.45, 7) is -0.0376. The number of imide groups is 1. The zero-order valence-electron chi connectivity index (χ0n) is 9.10. The summed E-state index contributed by atoms with van der Waals surface area (Å²) in [5.41, 5.74) is 0. The number of urea groups is 1. The molecule has 0 aromatic heterocycles. The van der Waals surface area contributed by atoms with Gasteiger partial charge in [0, 0.05) is 6.61 Å². The Balaban J connectivity index is 2.12. The van der Waals surface area contributed by atoms with Gasteiger partial charge in [0.1, 0.15) is 13.2 Å². The Bertz CT molecular complexity index is 300. The van der Waals surface area contributed by atoms with Crippen molar-refractivity contribution >= 4 is 17.9 Å². The van der Waals surface area contributed by atoms with Gasteiger partial charge in [-0.15, -0.1) is 0 Å². The maximum Gasteiger partial charge on any atom is 0.329 e. The fraction of sp³-hybridized carbons (Fsp3) is 0.667. The lowest BCUT2D eigenvalue weighted by atomic mass is 10.3. The van der Waals surface area contributed by atoms with E-state index in [0.717, 1.165) is 0 Å². The van der Waals surface area contributed by atoms with Crippen LogP contribution in [0.25, 0.3) is 0 Å². The van der Waals surface area contributed by atoms with Crippen molar-refractivity contribution in [3.05, 3.63) is 0 Å². The first-order valence-corrected chi connectivity index (χ1v) is 5.05. The first-order chi connectivity index (χ1) is 8.08. The summed E-state index contributed by atoms with van der Waals surface area (Å²) in [5.74, 6) is -1.87.